The highest BCUT2D eigenvalue weighted by Crippen LogP contribution is 2.27. The quantitative estimate of drug-likeness (QED) is 0.421. The molecule has 1 N–H and O–H groups in total. The average molecular weight is 475 g/mol. The van der Waals surface area contributed by atoms with E-state index in [1.165, 1.54) is 18.3 Å². The van der Waals surface area contributed by atoms with Gasteiger partial charge in [0.05, 0.1) is 5.02 Å². The van der Waals surface area contributed by atoms with Gasteiger partial charge in [0.25, 0.3) is 5.91 Å². The third kappa shape index (κ3) is 6.44. The van der Waals surface area contributed by atoms with Gasteiger partial charge in [-0.05, 0) is 68.7 Å². The standard InChI is InChI=1S/C25H25Cl2FN2O2/c1-16(30-24(31)25(2,3)32-23-12-11-20(27)15-29-23)22(18-5-4-6-21(28)14-18)13-17-7-9-19(26)10-8-17/h4-12,14-16,22H,13H2,1-3H3,(H,30,31). The number of carbonyl (C=O) groups excluding carboxylic acids is 1. The molecule has 0 saturated carbocycles. The molecule has 0 aliphatic heterocycles. The highest BCUT2D eigenvalue weighted by Gasteiger charge is 2.33. The van der Waals surface area contributed by atoms with Crippen molar-refractivity contribution in [3.63, 3.8) is 0 Å². The van der Waals surface area contributed by atoms with Crippen LogP contribution in [0.2, 0.25) is 10.0 Å². The number of hydrogen-bond acceptors (Lipinski definition) is 3. The van der Waals surface area contributed by atoms with Crippen molar-refractivity contribution >= 4 is 29.1 Å². The van der Waals surface area contributed by atoms with E-state index < -0.39 is 5.60 Å². The van der Waals surface area contributed by atoms with E-state index in [0.29, 0.717) is 22.3 Å². The second kappa shape index (κ2) is 10.3. The van der Waals surface area contributed by atoms with Crippen LogP contribution < -0.4 is 10.1 Å². The third-order valence-electron chi connectivity index (χ3n) is 5.21. The van der Waals surface area contributed by atoms with Crippen molar-refractivity contribution in [2.24, 2.45) is 0 Å². The fourth-order valence-corrected chi connectivity index (χ4v) is 3.64. The summed E-state index contributed by atoms with van der Waals surface area (Å²) < 4.78 is 19.8. The Morgan fingerprint density at radius 3 is 2.41 bits per heavy atom. The van der Waals surface area contributed by atoms with E-state index >= 15 is 0 Å². The van der Waals surface area contributed by atoms with Crippen molar-refractivity contribution in [2.45, 2.75) is 44.8 Å². The summed E-state index contributed by atoms with van der Waals surface area (Å²) >= 11 is 11.9. The van der Waals surface area contributed by atoms with Gasteiger partial charge >= 0.3 is 0 Å². The minimum Gasteiger partial charge on any atom is -0.462 e. The maximum atomic E-state index is 14.0. The molecular weight excluding hydrogens is 450 g/mol. The van der Waals surface area contributed by atoms with Gasteiger partial charge in [0.1, 0.15) is 5.82 Å². The molecule has 0 aliphatic carbocycles. The summed E-state index contributed by atoms with van der Waals surface area (Å²) in [6, 6.07) is 16.9. The van der Waals surface area contributed by atoms with Crippen LogP contribution in [0.25, 0.3) is 0 Å². The monoisotopic (exact) mass is 474 g/mol. The summed E-state index contributed by atoms with van der Waals surface area (Å²) in [5.74, 6) is -0.496. The van der Waals surface area contributed by atoms with E-state index in [0.717, 1.165) is 11.1 Å². The van der Waals surface area contributed by atoms with Crippen molar-refractivity contribution in [3.05, 3.63) is 93.8 Å². The number of halogens is 3. The highest BCUT2D eigenvalue weighted by atomic mass is 35.5. The lowest BCUT2D eigenvalue weighted by Gasteiger charge is -2.30. The Kier molecular flexibility index (Phi) is 7.75. The van der Waals surface area contributed by atoms with Crippen LogP contribution in [-0.2, 0) is 11.2 Å². The van der Waals surface area contributed by atoms with E-state index in [2.05, 4.69) is 10.3 Å². The normalized spacial score (nSPS) is 13.3. The first-order chi connectivity index (χ1) is 15.1. The maximum absolute atomic E-state index is 14.0. The zero-order chi connectivity index (χ0) is 23.3. The summed E-state index contributed by atoms with van der Waals surface area (Å²) in [6.45, 7) is 5.24. The second-order valence-corrected chi connectivity index (χ2v) is 9.05. The van der Waals surface area contributed by atoms with Gasteiger partial charge in [0.2, 0.25) is 5.88 Å². The summed E-state index contributed by atoms with van der Waals surface area (Å²) in [5.41, 5.74) is 0.651. The molecule has 0 saturated heterocycles. The molecule has 0 aliphatic rings. The van der Waals surface area contributed by atoms with Crippen molar-refractivity contribution in [1.29, 1.82) is 0 Å². The lowest BCUT2D eigenvalue weighted by molar-refractivity contribution is -0.135. The minimum atomic E-state index is -1.18. The molecule has 0 spiro atoms. The van der Waals surface area contributed by atoms with Crippen LogP contribution in [0.4, 0.5) is 4.39 Å². The van der Waals surface area contributed by atoms with Crippen LogP contribution in [-0.4, -0.2) is 22.5 Å². The zero-order valence-corrected chi connectivity index (χ0v) is 19.6. The third-order valence-corrected chi connectivity index (χ3v) is 5.69. The van der Waals surface area contributed by atoms with Crippen molar-refractivity contribution in [3.8, 4) is 5.88 Å². The number of aromatic nitrogens is 1. The minimum absolute atomic E-state index is 0.166. The summed E-state index contributed by atoms with van der Waals surface area (Å²) in [7, 11) is 0. The van der Waals surface area contributed by atoms with Gasteiger partial charge < -0.3 is 10.1 Å². The van der Waals surface area contributed by atoms with Gasteiger partial charge in [-0.25, -0.2) is 9.37 Å². The van der Waals surface area contributed by atoms with Crippen molar-refractivity contribution in [1.82, 2.24) is 10.3 Å². The van der Waals surface area contributed by atoms with Gasteiger partial charge in [0, 0.05) is 29.2 Å². The Morgan fingerprint density at radius 2 is 1.78 bits per heavy atom. The van der Waals surface area contributed by atoms with Gasteiger partial charge in [-0.2, -0.15) is 0 Å². The SMILES string of the molecule is CC(NC(=O)C(C)(C)Oc1ccc(Cl)cn1)C(Cc1ccc(Cl)cc1)c1cccc(F)c1. The number of nitrogens with one attached hydrogen (secondary N) is 1. The van der Waals surface area contributed by atoms with E-state index in [1.54, 1.807) is 32.0 Å². The van der Waals surface area contributed by atoms with Gasteiger partial charge in [-0.3, -0.25) is 4.79 Å². The molecular formula is C25H25Cl2FN2O2. The second-order valence-electron chi connectivity index (χ2n) is 8.18. The molecule has 0 fully saturated rings. The molecule has 3 rings (SSSR count). The predicted molar refractivity (Wildman–Crippen MR) is 126 cm³/mol. The average Bonchev–Trinajstić information content (AvgIpc) is 2.74. The van der Waals surface area contributed by atoms with Gasteiger partial charge in [0.15, 0.2) is 5.60 Å². The molecule has 0 radical (unpaired) electrons. The number of pyridine rings is 1. The lowest BCUT2D eigenvalue weighted by atomic mass is 9.86. The first kappa shape index (κ1) is 24.0. The molecule has 1 heterocycles. The molecule has 1 aromatic heterocycles. The molecule has 2 unspecified atom stereocenters. The first-order valence-corrected chi connectivity index (χ1v) is 11.0. The van der Waals surface area contributed by atoms with Crippen LogP contribution in [0, 0.1) is 5.82 Å². The van der Waals surface area contributed by atoms with E-state index in [9.17, 15) is 9.18 Å². The van der Waals surface area contributed by atoms with Crippen LogP contribution in [0.15, 0.2) is 66.9 Å². The number of amides is 1. The molecule has 3 aromatic rings. The number of nitrogens with zero attached hydrogens (tertiary/aromatic N) is 1. The number of hydrogen-bond donors (Lipinski definition) is 1. The van der Waals surface area contributed by atoms with Crippen LogP contribution in [0.5, 0.6) is 5.88 Å². The largest absolute Gasteiger partial charge is 0.462 e. The summed E-state index contributed by atoms with van der Waals surface area (Å²) in [5, 5.41) is 4.16. The number of benzene rings is 2. The molecule has 7 heteroatoms. The van der Waals surface area contributed by atoms with Gasteiger partial charge in [-0.1, -0.05) is 47.5 Å². The molecule has 0 bridgehead atoms. The highest BCUT2D eigenvalue weighted by molar-refractivity contribution is 6.30. The fourth-order valence-electron chi connectivity index (χ4n) is 3.41. The van der Waals surface area contributed by atoms with E-state index in [4.69, 9.17) is 27.9 Å². The van der Waals surface area contributed by atoms with Gasteiger partial charge in [-0.15, -0.1) is 0 Å². The van der Waals surface area contributed by atoms with Crippen molar-refractivity contribution in [2.75, 3.05) is 0 Å². The smallest absolute Gasteiger partial charge is 0.263 e. The topological polar surface area (TPSA) is 51.2 Å². The fraction of sp³-hybridized carbons (Fsp3) is 0.280. The molecule has 2 atom stereocenters. The number of carbonyl (C=O) groups is 1. The number of ether oxygens (including phenoxy) is 1. The Balaban J connectivity index is 1.78. The predicted octanol–water partition coefficient (Wildman–Crippen LogP) is 6.22. The van der Waals surface area contributed by atoms with Crippen molar-refractivity contribution < 1.29 is 13.9 Å². The molecule has 4 nitrogen and oxygen atoms in total. The number of rotatable bonds is 8. The summed E-state index contributed by atoms with van der Waals surface area (Å²) in [4.78, 5) is 17.2. The van der Waals surface area contributed by atoms with Crippen LogP contribution in [0.3, 0.4) is 0 Å². The zero-order valence-electron chi connectivity index (χ0n) is 18.1. The Morgan fingerprint density at radius 1 is 1.09 bits per heavy atom. The molecule has 168 valence electrons. The van der Waals surface area contributed by atoms with Crippen LogP contribution >= 0.6 is 23.2 Å². The molecule has 1 amide bonds. The maximum Gasteiger partial charge on any atom is 0.263 e. The first-order valence-electron chi connectivity index (χ1n) is 10.3. The Labute approximate surface area is 197 Å². The van der Waals surface area contributed by atoms with Crippen LogP contribution in [0.1, 0.15) is 37.8 Å². The lowest BCUT2D eigenvalue weighted by Crippen LogP contribution is -2.51. The summed E-state index contributed by atoms with van der Waals surface area (Å²) in [6.07, 6.45) is 2.06. The Bertz CT molecular complexity index is 1060. The van der Waals surface area contributed by atoms with E-state index in [1.807, 2.05) is 37.3 Å². The molecule has 2 aromatic carbocycles. The molecule has 32 heavy (non-hydrogen) atoms. The van der Waals surface area contributed by atoms with E-state index in [-0.39, 0.29) is 23.7 Å². The Hall–Kier alpha value is -2.63.